The number of hydrogen-bond acceptors (Lipinski definition) is 5. The maximum absolute atomic E-state index is 12.2. The number of thioether (sulfide) groups is 1. The normalized spacial score (nSPS) is 17.7. The Kier molecular flexibility index (Phi) is 4.94. The number of anilines is 1. The van der Waals surface area contributed by atoms with Crippen LogP contribution in [0.15, 0.2) is 35.2 Å². The van der Waals surface area contributed by atoms with Crippen LogP contribution in [0, 0.1) is 12.8 Å². The summed E-state index contributed by atoms with van der Waals surface area (Å²) >= 11 is 3.26. The first-order valence-electron chi connectivity index (χ1n) is 7.24. The summed E-state index contributed by atoms with van der Waals surface area (Å²) in [6, 6.07) is 10.3. The van der Waals surface area contributed by atoms with E-state index >= 15 is 0 Å². The van der Waals surface area contributed by atoms with Gasteiger partial charge in [-0.1, -0.05) is 29.5 Å². The summed E-state index contributed by atoms with van der Waals surface area (Å²) in [4.78, 5) is 15.3. The molecule has 1 aliphatic rings. The minimum Gasteiger partial charge on any atom is -0.324 e. The Morgan fingerprint density at radius 3 is 2.95 bits per heavy atom. The van der Waals surface area contributed by atoms with Crippen molar-refractivity contribution in [2.24, 2.45) is 5.92 Å². The standard InChI is InChI=1S/C15H18N4OS2/c1-11-17-18-14(22-11)16-15(20)19-8-7-12(9-19)10-21-13-5-3-2-4-6-13/h2-6,12H,7-10H2,1H3,(H,16,18,20). The Balaban J connectivity index is 1.46. The van der Waals surface area contributed by atoms with Crippen LogP contribution in [0.1, 0.15) is 11.4 Å². The molecule has 1 fully saturated rings. The SMILES string of the molecule is Cc1nnc(NC(=O)N2CCC(CSc3ccccc3)C2)s1. The van der Waals surface area contributed by atoms with Gasteiger partial charge in [-0.05, 0) is 31.4 Å². The second-order valence-electron chi connectivity index (χ2n) is 5.28. The largest absolute Gasteiger partial charge is 0.324 e. The number of benzene rings is 1. The second-order valence-corrected chi connectivity index (χ2v) is 7.56. The summed E-state index contributed by atoms with van der Waals surface area (Å²) in [7, 11) is 0. The quantitative estimate of drug-likeness (QED) is 0.870. The number of likely N-dealkylation sites (tertiary alicyclic amines) is 1. The molecule has 1 N–H and O–H groups in total. The Labute approximate surface area is 138 Å². The monoisotopic (exact) mass is 334 g/mol. The van der Waals surface area contributed by atoms with Gasteiger partial charge in [0.15, 0.2) is 0 Å². The van der Waals surface area contributed by atoms with Gasteiger partial charge in [-0.2, -0.15) is 0 Å². The van der Waals surface area contributed by atoms with Crippen LogP contribution in [0.3, 0.4) is 0 Å². The van der Waals surface area contributed by atoms with E-state index in [-0.39, 0.29) is 6.03 Å². The minimum atomic E-state index is -0.0663. The van der Waals surface area contributed by atoms with Crippen LogP contribution >= 0.6 is 23.1 Å². The van der Waals surface area contributed by atoms with Gasteiger partial charge in [-0.25, -0.2) is 4.79 Å². The molecule has 1 aliphatic heterocycles. The smallest absolute Gasteiger partial charge is 0.323 e. The van der Waals surface area contributed by atoms with Gasteiger partial charge in [-0.15, -0.1) is 22.0 Å². The molecule has 0 saturated carbocycles. The number of carbonyl (C=O) groups is 1. The highest BCUT2D eigenvalue weighted by atomic mass is 32.2. The van der Waals surface area contributed by atoms with Crippen molar-refractivity contribution in [3.05, 3.63) is 35.3 Å². The number of aromatic nitrogens is 2. The molecule has 22 heavy (non-hydrogen) atoms. The first kappa shape index (κ1) is 15.3. The molecule has 1 saturated heterocycles. The highest BCUT2D eigenvalue weighted by Gasteiger charge is 2.26. The Hall–Kier alpha value is -1.60. The number of aryl methyl sites for hydroxylation is 1. The van der Waals surface area contributed by atoms with Crippen molar-refractivity contribution in [2.75, 3.05) is 24.2 Å². The number of nitrogens with one attached hydrogen (secondary N) is 1. The van der Waals surface area contributed by atoms with Crippen molar-refractivity contribution in [2.45, 2.75) is 18.2 Å². The maximum Gasteiger partial charge on any atom is 0.323 e. The van der Waals surface area contributed by atoms with E-state index < -0.39 is 0 Å². The average Bonchev–Trinajstić information content (AvgIpc) is 3.15. The lowest BCUT2D eigenvalue weighted by atomic mass is 10.2. The molecular formula is C15H18N4OS2. The predicted octanol–water partition coefficient (Wildman–Crippen LogP) is 3.49. The van der Waals surface area contributed by atoms with Crippen LogP contribution in [0.25, 0.3) is 0 Å². The van der Waals surface area contributed by atoms with E-state index in [1.807, 2.05) is 29.7 Å². The number of rotatable bonds is 4. The molecule has 1 atom stereocenters. The van der Waals surface area contributed by atoms with Crippen molar-refractivity contribution in [1.82, 2.24) is 15.1 Å². The molecule has 1 unspecified atom stereocenters. The fourth-order valence-corrected chi connectivity index (χ4v) is 4.03. The van der Waals surface area contributed by atoms with E-state index in [0.717, 1.165) is 30.3 Å². The molecule has 0 bridgehead atoms. The zero-order valence-corrected chi connectivity index (χ0v) is 14.0. The first-order chi connectivity index (χ1) is 10.7. The summed E-state index contributed by atoms with van der Waals surface area (Å²) in [6.07, 6.45) is 1.06. The molecule has 1 aromatic heterocycles. The third kappa shape index (κ3) is 3.98. The van der Waals surface area contributed by atoms with Gasteiger partial charge in [-0.3, -0.25) is 5.32 Å². The number of amides is 2. The lowest BCUT2D eigenvalue weighted by Gasteiger charge is -2.16. The Bertz CT molecular complexity index is 631. The third-order valence-electron chi connectivity index (χ3n) is 3.54. The van der Waals surface area contributed by atoms with Gasteiger partial charge in [0.2, 0.25) is 5.13 Å². The van der Waals surface area contributed by atoms with Crippen molar-refractivity contribution in [3.8, 4) is 0 Å². The first-order valence-corrected chi connectivity index (χ1v) is 9.05. The molecule has 2 heterocycles. The molecule has 116 valence electrons. The highest BCUT2D eigenvalue weighted by Crippen LogP contribution is 2.26. The molecule has 1 aromatic carbocycles. The second kappa shape index (κ2) is 7.11. The van der Waals surface area contributed by atoms with E-state index in [2.05, 4.69) is 39.8 Å². The summed E-state index contributed by atoms with van der Waals surface area (Å²) in [5, 5.41) is 12.1. The molecule has 5 nitrogen and oxygen atoms in total. The molecular weight excluding hydrogens is 316 g/mol. The lowest BCUT2D eigenvalue weighted by Crippen LogP contribution is -2.33. The summed E-state index contributed by atoms with van der Waals surface area (Å²) < 4.78 is 0. The predicted molar refractivity (Wildman–Crippen MR) is 90.5 cm³/mol. The molecule has 2 amide bonds. The fourth-order valence-electron chi connectivity index (χ4n) is 2.40. The van der Waals surface area contributed by atoms with Gasteiger partial charge in [0.05, 0.1) is 0 Å². The molecule has 0 radical (unpaired) electrons. The maximum atomic E-state index is 12.2. The van der Waals surface area contributed by atoms with Crippen LogP contribution in [0.4, 0.5) is 9.93 Å². The number of nitrogens with zero attached hydrogens (tertiary/aromatic N) is 3. The summed E-state index contributed by atoms with van der Waals surface area (Å²) in [5.74, 6) is 1.60. The number of carbonyl (C=O) groups excluding carboxylic acids is 1. The van der Waals surface area contributed by atoms with E-state index in [1.165, 1.54) is 16.2 Å². The van der Waals surface area contributed by atoms with E-state index in [9.17, 15) is 4.79 Å². The van der Waals surface area contributed by atoms with E-state index in [1.54, 1.807) is 0 Å². The summed E-state index contributed by atoms with van der Waals surface area (Å²) in [6.45, 7) is 3.49. The lowest BCUT2D eigenvalue weighted by molar-refractivity contribution is 0.221. The highest BCUT2D eigenvalue weighted by molar-refractivity contribution is 7.99. The van der Waals surface area contributed by atoms with Crippen molar-refractivity contribution >= 4 is 34.3 Å². The molecule has 7 heteroatoms. The average molecular weight is 334 g/mol. The number of urea groups is 1. The van der Waals surface area contributed by atoms with Gasteiger partial charge < -0.3 is 4.90 Å². The van der Waals surface area contributed by atoms with Crippen LogP contribution in [-0.2, 0) is 0 Å². The molecule has 0 spiro atoms. The number of hydrogen-bond donors (Lipinski definition) is 1. The fraction of sp³-hybridized carbons (Fsp3) is 0.400. The zero-order valence-electron chi connectivity index (χ0n) is 12.4. The molecule has 3 rings (SSSR count). The van der Waals surface area contributed by atoms with Gasteiger partial charge >= 0.3 is 6.03 Å². The topological polar surface area (TPSA) is 58.1 Å². The summed E-state index contributed by atoms with van der Waals surface area (Å²) in [5.41, 5.74) is 0. The van der Waals surface area contributed by atoms with E-state index in [4.69, 9.17) is 0 Å². The van der Waals surface area contributed by atoms with Gasteiger partial charge in [0, 0.05) is 23.7 Å². The van der Waals surface area contributed by atoms with Crippen molar-refractivity contribution < 1.29 is 4.79 Å². The van der Waals surface area contributed by atoms with Crippen molar-refractivity contribution in [3.63, 3.8) is 0 Å². The van der Waals surface area contributed by atoms with Crippen LogP contribution in [-0.4, -0.2) is 40.0 Å². The van der Waals surface area contributed by atoms with Gasteiger partial charge in [0.25, 0.3) is 0 Å². The van der Waals surface area contributed by atoms with Gasteiger partial charge in [0.1, 0.15) is 5.01 Å². The van der Waals surface area contributed by atoms with Crippen LogP contribution in [0.5, 0.6) is 0 Å². The van der Waals surface area contributed by atoms with E-state index in [0.29, 0.717) is 11.0 Å². The zero-order chi connectivity index (χ0) is 15.4. The Morgan fingerprint density at radius 1 is 1.41 bits per heavy atom. The van der Waals surface area contributed by atoms with Crippen molar-refractivity contribution in [1.29, 1.82) is 0 Å². The molecule has 0 aliphatic carbocycles. The van der Waals surface area contributed by atoms with Crippen LogP contribution < -0.4 is 5.32 Å². The Morgan fingerprint density at radius 2 is 2.23 bits per heavy atom. The molecule has 2 aromatic rings. The minimum absolute atomic E-state index is 0.0663. The third-order valence-corrected chi connectivity index (χ3v) is 5.54. The van der Waals surface area contributed by atoms with Crippen LogP contribution in [0.2, 0.25) is 0 Å².